The first-order valence-corrected chi connectivity index (χ1v) is 7.02. The van der Waals surface area contributed by atoms with Gasteiger partial charge in [0, 0.05) is 0 Å². The van der Waals surface area contributed by atoms with E-state index in [4.69, 9.17) is 9.78 Å². The van der Waals surface area contributed by atoms with Crippen LogP contribution < -0.4 is 0 Å². The van der Waals surface area contributed by atoms with Crippen molar-refractivity contribution in [2.75, 3.05) is 0 Å². The van der Waals surface area contributed by atoms with E-state index in [1.807, 2.05) is 0 Å². The van der Waals surface area contributed by atoms with Crippen molar-refractivity contribution in [1.82, 2.24) is 0 Å². The Labute approximate surface area is 102 Å². The van der Waals surface area contributed by atoms with Crippen LogP contribution in [0.4, 0.5) is 0 Å². The van der Waals surface area contributed by atoms with Gasteiger partial charge in [-0.1, -0.05) is 52.4 Å². The molecule has 0 aromatic rings. The molecule has 2 heteroatoms. The first kappa shape index (κ1) is 15.9. The first-order valence-electron chi connectivity index (χ1n) is 7.02. The van der Waals surface area contributed by atoms with Gasteiger partial charge in [-0.3, -0.25) is 0 Å². The monoisotopic (exact) mass is 230 g/mol. The van der Waals surface area contributed by atoms with Gasteiger partial charge in [-0.2, -0.15) is 0 Å². The molecule has 2 nitrogen and oxygen atoms in total. The van der Waals surface area contributed by atoms with Gasteiger partial charge in [0.2, 0.25) is 0 Å². The van der Waals surface area contributed by atoms with Gasteiger partial charge in [0.25, 0.3) is 0 Å². The molecule has 0 aliphatic rings. The van der Waals surface area contributed by atoms with Crippen LogP contribution >= 0.6 is 0 Å². The topological polar surface area (TPSA) is 18.5 Å². The highest BCUT2D eigenvalue weighted by Gasteiger charge is 2.07. The fourth-order valence-corrected chi connectivity index (χ4v) is 1.65. The molecular weight excluding hydrogens is 200 g/mol. The van der Waals surface area contributed by atoms with Crippen LogP contribution in [-0.2, 0) is 9.78 Å². The van der Waals surface area contributed by atoms with Crippen LogP contribution in [0.3, 0.4) is 0 Å². The average molecular weight is 230 g/mol. The quantitative estimate of drug-likeness (QED) is 0.286. The summed E-state index contributed by atoms with van der Waals surface area (Å²) in [5, 5.41) is 0. The average Bonchev–Trinajstić information content (AvgIpc) is 2.27. The molecule has 0 bridgehead atoms. The number of hydrogen-bond donors (Lipinski definition) is 0. The summed E-state index contributed by atoms with van der Waals surface area (Å²) in [6.45, 7) is 8.62. The Morgan fingerprint density at radius 3 is 1.38 bits per heavy atom. The Kier molecular flexibility index (Phi) is 11.3. The lowest BCUT2D eigenvalue weighted by Gasteiger charge is -2.16. The van der Waals surface area contributed by atoms with E-state index >= 15 is 0 Å². The smallest absolute Gasteiger partial charge is 0.0902 e. The van der Waals surface area contributed by atoms with Gasteiger partial charge in [0.15, 0.2) is 0 Å². The molecule has 16 heavy (non-hydrogen) atoms. The van der Waals surface area contributed by atoms with Crippen molar-refractivity contribution in [3.63, 3.8) is 0 Å². The van der Waals surface area contributed by atoms with Gasteiger partial charge in [-0.05, 0) is 26.7 Å². The summed E-state index contributed by atoms with van der Waals surface area (Å²) in [6.07, 6.45) is 10.3. The zero-order valence-corrected chi connectivity index (χ0v) is 11.6. The molecule has 0 fully saturated rings. The molecule has 0 aliphatic heterocycles. The molecular formula is C14H30O2. The molecule has 2 unspecified atom stereocenters. The Morgan fingerprint density at radius 2 is 1.06 bits per heavy atom. The Hall–Kier alpha value is -0.0800. The fourth-order valence-electron chi connectivity index (χ4n) is 1.65. The summed E-state index contributed by atoms with van der Waals surface area (Å²) in [5.74, 6) is 0. The summed E-state index contributed by atoms with van der Waals surface area (Å²) in [4.78, 5) is 10.8. The molecule has 0 saturated carbocycles. The number of hydrogen-bond acceptors (Lipinski definition) is 2. The van der Waals surface area contributed by atoms with E-state index in [2.05, 4.69) is 27.7 Å². The molecule has 0 N–H and O–H groups in total. The molecule has 0 saturated heterocycles. The number of rotatable bonds is 11. The van der Waals surface area contributed by atoms with Crippen molar-refractivity contribution in [3.8, 4) is 0 Å². The highest BCUT2D eigenvalue weighted by atomic mass is 17.2. The van der Waals surface area contributed by atoms with E-state index in [9.17, 15) is 0 Å². The minimum atomic E-state index is 0.236. The maximum Gasteiger partial charge on any atom is 0.0902 e. The van der Waals surface area contributed by atoms with Crippen molar-refractivity contribution in [2.45, 2.75) is 91.3 Å². The molecule has 0 aromatic heterocycles. The van der Waals surface area contributed by atoms with Crippen molar-refractivity contribution in [1.29, 1.82) is 0 Å². The second-order valence-corrected chi connectivity index (χ2v) is 4.81. The molecule has 0 aromatic carbocycles. The van der Waals surface area contributed by atoms with Crippen LogP contribution in [0, 0.1) is 0 Å². The Balaban J connectivity index is 3.32. The maximum absolute atomic E-state index is 5.38. The molecule has 98 valence electrons. The summed E-state index contributed by atoms with van der Waals surface area (Å²) in [7, 11) is 0. The van der Waals surface area contributed by atoms with E-state index in [0.717, 1.165) is 12.8 Å². The summed E-state index contributed by atoms with van der Waals surface area (Å²) in [5.41, 5.74) is 0. The van der Waals surface area contributed by atoms with Crippen LogP contribution in [0.25, 0.3) is 0 Å². The van der Waals surface area contributed by atoms with Gasteiger partial charge in [-0.25, -0.2) is 9.78 Å². The first-order chi connectivity index (χ1) is 7.70. The van der Waals surface area contributed by atoms with Crippen molar-refractivity contribution in [2.24, 2.45) is 0 Å². The summed E-state index contributed by atoms with van der Waals surface area (Å²) < 4.78 is 0. The van der Waals surface area contributed by atoms with Crippen molar-refractivity contribution < 1.29 is 9.78 Å². The SMILES string of the molecule is CCCCCC(C)OOC(C)CCCCC. The van der Waals surface area contributed by atoms with E-state index in [1.165, 1.54) is 38.5 Å². The van der Waals surface area contributed by atoms with Gasteiger partial charge < -0.3 is 0 Å². The van der Waals surface area contributed by atoms with Crippen LogP contribution in [0.5, 0.6) is 0 Å². The second kappa shape index (κ2) is 11.4. The van der Waals surface area contributed by atoms with Gasteiger partial charge in [0.1, 0.15) is 0 Å². The highest BCUT2D eigenvalue weighted by molar-refractivity contribution is 4.50. The zero-order valence-electron chi connectivity index (χ0n) is 11.6. The molecule has 0 amide bonds. The lowest BCUT2D eigenvalue weighted by molar-refractivity contribution is -0.346. The molecule has 0 rings (SSSR count). The maximum atomic E-state index is 5.38. The third-order valence-corrected chi connectivity index (χ3v) is 2.81. The van der Waals surface area contributed by atoms with Gasteiger partial charge >= 0.3 is 0 Å². The molecule has 0 spiro atoms. The lowest BCUT2D eigenvalue weighted by Crippen LogP contribution is -2.15. The van der Waals surface area contributed by atoms with Crippen molar-refractivity contribution in [3.05, 3.63) is 0 Å². The summed E-state index contributed by atoms with van der Waals surface area (Å²) in [6, 6.07) is 0. The van der Waals surface area contributed by atoms with Crippen LogP contribution in [-0.4, -0.2) is 12.2 Å². The van der Waals surface area contributed by atoms with E-state index in [-0.39, 0.29) is 12.2 Å². The predicted octanol–water partition coefficient (Wildman–Crippen LogP) is 4.87. The molecule has 0 heterocycles. The fraction of sp³-hybridized carbons (Fsp3) is 1.00. The van der Waals surface area contributed by atoms with Crippen LogP contribution in [0.1, 0.15) is 79.1 Å². The normalized spacial score (nSPS) is 15.0. The molecule has 0 radical (unpaired) electrons. The third-order valence-electron chi connectivity index (χ3n) is 2.81. The largest absolute Gasteiger partial charge is 0.233 e. The highest BCUT2D eigenvalue weighted by Crippen LogP contribution is 2.10. The standard InChI is InChI=1S/C14H30O2/c1-5-7-9-11-13(3)15-16-14(4)12-10-8-6-2/h13-14H,5-12H2,1-4H3. The predicted molar refractivity (Wildman–Crippen MR) is 69.4 cm³/mol. The molecule has 0 aliphatic carbocycles. The minimum Gasteiger partial charge on any atom is -0.233 e. The zero-order chi connectivity index (χ0) is 12.2. The van der Waals surface area contributed by atoms with E-state index < -0.39 is 0 Å². The Morgan fingerprint density at radius 1 is 0.688 bits per heavy atom. The molecule has 2 atom stereocenters. The lowest BCUT2D eigenvalue weighted by atomic mass is 10.1. The second-order valence-electron chi connectivity index (χ2n) is 4.81. The van der Waals surface area contributed by atoms with Crippen molar-refractivity contribution >= 4 is 0 Å². The van der Waals surface area contributed by atoms with E-state index in [1.54, 1.807) is 0 Å². The van der Waals surface area contributed by atoms with Gasteiger partial charge in [0.05, 0.1) is 12.2 Å². The Bertz CT molecular complexity index is 121. The van der Waals surface area contributed by atoms with Crippen LogP contribution in [0.15, 0.2) is 0 Å². The minimum absolute atomic E-state index is 0.236. The number of unbranched alkanes of at least 4 members (excludes halogenated alkanes) is 4. The summed E-state index contributed by atoms with van der Waals surface area (Å²) >= 11 is 0. The third kappa shape index (κ3) is 10.4. The van der Waals surface area contributed by atoms with Gasteiger partial charge in [-0.15, -0.1) is 0 Å². The van der Waals surface area contributed by atoms with Crippen LogP contribution in [0.2, 0.25) is 0 Å². The van der Waals surface area contributed by atoms with E-state index in [0.29, 0.717) is 0 Å².